The lowest BCUT2D eigenvalue weighted by molar-refractivity contribution is -0.445. The van der Waals surface area contributed by atoms with Gasteiger partial charge in [0.2, 0.25) is 0 Å². The topological polar surface area (TPSA) is 63.4 Å². The minimum absolute atomic E-state index is 0.394. The second-order valence-electron chi connectivity index (χ2n) is 3.46. The molecule has 78 valence electrons. The van der Waals surface area contributed by atoms with Crippen LogP contribution < -0.4 is 0 Å². The van der Waals surface area contributed by atoms with Crippen LogP contribution in [-0.2, 0) is 0 Å². The first-order valence-corrected chi connectivity index (χ1v) is 4.85. The van der Waals surface area contributed by atoms with Gasteiger partial charge in [0.25, 0.3) is 0 Å². The molecule has 0 aliphatic heterocycles. The Hall–Kier alpha value is -0.640. The molecule has 0 spiro atoms. The van der Waals surface area contributed by atoms with Crippen LogP contribution in [-0.4, -0.2) is 23.7 Å². The summed E-state index contributed by atoms with van der Waals surface area (Å²) in [5.74, 6) is 0.851. The summed E-state index contributed by atoms with van der Waals surface area (Å²) in [6.45, 7) is 0.394. The van der Waals surface area contributed by atoms with E-state index in [9.17, 15) is 0 Å². The number of nitrogens with zero attached hydrogens (tertiary/aromatic N) is 1. The van der Waals surface area contributed by atoms with Crippen molar-refractivity contribution in [3.05, 3.63) is 10.1 Å². The molecule has 1 aliphatic carbocycles. The van der Waals surface area contributed by atoms with Crippen molar-refractivity contribution in [1.82, 2.24) is 0 Å². The van der Waals surface area contributed by atoms with Gasteiger partial charge in [-0.05, 0) is 12.3 Å². The van der Waals surface area contributed by atoms with Crippen LogP contribution in [0.15, 0.2) is 0 Å². The van der Waals surface area contributed by atoms with E-state index >= 15 is 0 Å². The molecule has 0 bridgehead atoms. The highest BCUT2D eigenvalue weighted by atomic mass is 16.6. The average Bonchev–Trinajstić information content (AvgIpc) is 2.06. The summed E-state index contributed by atoms with van der Waals surface area (Å²) in [4.78, 5) is 8.31. The largest absolute Gasteiger partial charge is 0.396 e. The smallest absolute Gasteiger partial charge is 0.194 e. The highest BCUT2D eigenvalue weighted by Crippen LogP contribution is 2.25. The predicted octanol–water partition coefficient (Wildman–Crippen LogP) is 1.84. The van der Waals surface area contributed by atoms with E-state index in [4.69, 9.17) is 15.2 Å². The third-order valence-corrected chi connectivity index (χ3v) is 2.26. The molecular weight excluding hydrogens is 170 g/mol. The summed E-state index contributed by atoms with van der Waals surface area (Å²) in [5.41, 5.74) is 0. The molecule has 0 heterocycles. The fraction of sp³-hybridized carbons (Fsp3) is 1.00. The SMILES string of the molecule is C[N+](=O)[O-].OCCC1CCCCC1. The molecule has 1 N–H and O–H groups in total. The number of aliphatic hydroxyl groups is 1. The zero-order chi connectivity index (χ0) is 10.1. The van der Waals surface area contributed by atoms with Crippen molar-refractivity contribution >= 4 is 0 Å². The van der Waals surface area contributed by atoms with Crippen molar-refractivity contribution in [2.45, 2.75) is 38.5 Å². The van der Waals surface area contributed by atoms with Gasteiger partial charge in [0, 0.05) is 11.5 Å². The Morgan fingerprint density at radius 2 is 1.85 bits per heavy atom. The third kappa shape index (κ3) is 9.27. The Bertz CT molecular complexity index is 126. The van der Waals surface area contributed by atoms with Gasteiger partial charge in [-0.2, -0.15) is 0 Å². The number of rotatable bonds is 2. The van der Waals surface area contributed by atoms with Gasteiger partial charge in [0.1, 0.15) is 0 Å². The Labute approximate surface area is 79.1 Å². The quantitative estimate of drug-likeness (QED) is 0.532. The van der Waals surface area contributed by atoms with Gasteiger partial charge < -0.3 is 5.11 Å². The van der Waals surface area contributed by atoms with Crippen molar-refractivity contribution in [3.63, 3.8) is 0 Å². The van der Waals surface area contributed by atoms with Crippen molar-refractivity contribution in [2.75, 3.05) is 13.7 Å². The number of hydrogen-bond acceptors (Lipinski definition) is 3. The highest BCUT2D eigenvalue weighted by Gasteiger charge is 2.11. The molecule has 1 aliphatic rings. The van der Waals surface area contributed by atoms with E-state index in [0.29, 0.717) is 6.61 Å². The molecule has 4 heteroatoms. The molecule has 0 radical (unpaired) electrons. The predicted molar refractivity (Wildman–Crippen MR) is 51.2 cm³/mol. The molecule has 0 unspecified atom stereocenters. The maximum Gasteiger partial charge on any atom is 0.194 e. The lowest BCUT2D eigenvalue weighted by atomic mass is 9.87. The van der Waals surface area contributed by atoms with Crippen molar-refractivity contribution in [1.29, 1.82) is 0 Å². The van der Waals surface area contributed by atoms with Crippen molar-refractivity contribution in [2.24, 2.45) is 5.92 Å². The summed E-state index contributed by atoms with van der Waals surface area (Å²) in [5, 5.41) is 17.4. The van der Waals surface area contributed by atoms with Gasteiger partial charge in [0.15, 0.2) is 7.05 Å². The van der Waals surface area contributed by atoms with E-state index in [1.54, 1.807) is 0 Å². The standard InChI is InChI=1S/C8H16O.CH3NO2/c9-7-6-8-4-2-1-3-5-8;1-2(3)4/h8-9H,1-7H2;1H3. The summed E-state index contributed by atoms with van der Waals surface area (Å²) in [6, 6.07) is 0. The van der Waals surface area contributed by atoms with Crippen molar-refractivity contribution < 1.29 is 10.0 Å². The zero-order valence-electron chi connectivity index (χ0n) is 8.24. The first-order chi connectivity index (χ1) is 6.16. The van der Waals surface area contributed by atoms with Crippen molar-refractivity contribution in [3.8, 4) is 0 Å². The van der Waals surface area contributed by atoms with E-state index < -0.39 is 4.92 Å². The van der Waals surface area contributed by atoms with Gasteiger partial charge in [-0.15, -0.1) is 0 Å². The van der Waals surface area contributed by atoms with Gasteiger partial charge in [-0.1, -0.05) is 32.1 Å². The Balaban J connectivity index is 0.000000310. The van der Waals surface area contributed by atoms with E-state index in [1.807, 2.05) is 0 Å². The number of hydrogen-bond donors (Lipinski definition) is 1. The molecule has 0 aromatic carbocycles. The summed E-state index contributed by atoms with van der Waals surface area (Å²) in [6.07, 6.45) is 7.97. The molecule has 1 fully saturated rings. The number of nitro groups is 1. The van der Waals surface area contributed by atoms with Gasteiger partial charge >= 0.3 is 0 Å². The molecule has 4 nitrogen and oxygen atoms in total. The van der Waals surface area contributed by atoms with Gasteiger partial charge in [-0.25, -0.2) is 0 Å². The van der Waals surface area contributed by atoms with Crippen LogP contribution in [0.2, 0.25) is 0 Å². The van der Waals surface area contributed by atoms with E-state index in [0.717, 1.165) is 19.4 Å². The molecule has 0 aromatic rings. The molecule has 0 amide bonds. The molecule has 1 rings (SSSR count). The van der Waals surface area contributed by atoms with E-state index in [2.05, 4.69) is 0 Å². The summed E-state index contributed by atoms with van der Waals surface area (Å²) < 4.78 is 0. The van der Waals surface area contributed by atoms with Crippen LogP contribution in [0, 0.1) is 16.0 Å². The van der Waals surface area contributed by atoms with Gasteiger partial charge in [0.05, 0.1) is 0 Å². The maximum absolute atomic E-state index is 8.81. The Kier molecular flexibility index (Phi) is 7.59. The third-order valence-electron chi connectivity index (χ3n) is 2.26. The summed E-state index contributed by atoms with van der Waals surface area (Å²) >= 11 is 0. The highest BCUT2D eigenvalue weighted by molar-refractivity contribution is 4.64. The van der Waals surface area contributed by atoms with Crippen LogP contribution in [0.1, 0.15) is 38.5 Å². The Morgan fingerprint density at radius 3 is 2.23 bits per heavy atom. The second kappa shape index (κ2) is 7.98. The van der Waals surface area contributed by atoms with Crippen LogP contribution in [0.25, 0.3) is 0 Å². The molecule has 13 heavy (non-hydrogen) atoms. The van der Waals surface area contributed by atoms with E-state index in [-0.39, 0.29) is 0 Å². The molecule has 0 aromatic heterocycles. The van der Waals surface area contributed by atoms with Crippen LogP contribution >= 0.6 is 0 Å². The monoisotopic (exact) mass is 189 g/mol. The minimum atomic E-state index is -0.500. The molecular formula is C9H19NO3. The fourth-order valence-electron chi connectivity index (χ4n) is 1.66. The zero-order valence-corrected chi connectivity index (χ0v) is 8.24. The van der Waals surface area contributed by atoms with Crippen LogP contribution in [0.3, 0.4) is 0 Å². The van der Waals surface area contributed by atoms with E-state index in [1.165, 1.54) is 32.1 Å². The number of aliphatic hydroxyl groups excluding tert-OH is 1. The second-order valence-corrected chi connectivity index (χ2v) is 3.46. The van der Waals surface area contributed by atoms with Crippen LogP contribution in [0.4, 0.5) is 0 Å². The molecule has 0 saturated heterocycles. The normalized spacial score (nSPS) is 17.4. The minimum Gasteiger partial charge on any atom is -0.396 e. The first-order valence-electron chi connectivity index (χ1n) is 4.85. The fourth-order valence-corrected chi connectivity index (χ4v) is 1.66. The van der Waals surface area contributed by atoms with Crippen LogP contribution in [0.5, 0.6) is 0 Å². The first kappa shape index (κ1) is 12.4. The van der Waals surface area contributed by atoms with Gasteiger partial charge in [-0.3, -0.25) is 10.1 Å². The molecule has 1 saturated carbocycles. The maximum atomic E-state index is 8.81. The summed E-state index contributed by atoms with van der Waals surface area (Å²) in [7, 11) is 0.889. The Morgan fingerprint density at radius 1 is 1.38 bits per heavy atom. The lowest BCUT2D eigenvalue weighted by Crippen LogP contribution is -2.07. The lowest BCUT2D eigenvalue weighted by Gasteiger charge is -2.19. The average molecular weight is 189 g/mol. The molecule has 0 atom stereocenters.